The maximum atomic E-state index is 5.18. The van der Waals surface area contributed by atoms with Crippen LogP contribution in [0.2, 0.25) is 0 Å². The normalized spacial score (nSPS) is 15.0. The lowest BCUT2D eigenvalue weighted by molar-refractivity contribution is 0.182. The van der Waals surface area contributed by atoms with E-state index in [0.29, 0.717) is 6.61 Å². The highest BCUT2D eigenvalue weighted by Gasteiger charge is 2.14. The molecule has 0 radical (unpaired) electrons. The topological polar surface area (TPSA) is 37.4 Å². The zero-order valence-corrected chi connectivity index (χ0v) is 12.1. The molecular formula is C16H21N3O. The summed E-state index contributed by atoms with van der Waals surface area (Å²) in [6.45, 7) is 2.86. The van der Waals surface area contributed by atoms with Crippen molar-refractivity contribution >= 4 is 22.3 Å². The summed E-state index contributed by atoms with van der Waals surface area (Å²) < 4.78 is 5.18. The molecule has 1 aliphatic heterocycles. The van der Waals surface area contributed by atoms with Crippen molar-refractivity contribution in [2.24, 2.45) is 0 Å². The van der Waals surface area contributed by atoms with Gasteiger partial charge >= 0.3 is 0 Å². The number of rotatable bonds is 4. The molecule has 20 heavy (non-hydrogen) atoms. The minimum absolute atomic E-state index is 0.540. The zero-order valence-electron chi connectivity index (χ0n) is 12.1. The predicted molar refractivity (Wildman–Crippen MR) is 83.4 cm³/mol. The second kappa shape index (κ2) is 5.67. The van der Waals surface area contributed by atoms with Crippen molar-refractivity contribution in [2.45, 2.75) is 19.4 Å². The Hall–Kier alpha value is -1.81. The molecule has 2 aromatic rings. The van der Waals surface area contributed by atoms with Gasteiger partial charge in [0.15, 0.2) is 0 Å². The van der Waals surface area contributed by atoms with Gasteiger partial charge in [-0.1, -0.05) is 0 Å². The van der Waals surface area contributed by atoms with Crippen LogP contribution in [-0.2, 0) is 11.3 Å². The van der Waals surface area contributed by atoms with E-state index in [1.54, 1.807) is 7.11 Å². The van der Waals surface area contributed by atoms with Gasteiger partial charge in [-0.25, -0.2) is 0 Å². The lowest BCUT2D eigenvalue weighted by Gasteiger charge is -2.19. The van der Waals surface area contributed by atoms with E-state index in [9.17, 15) is 0 Å². The molecule has 0 saturated carbocycles. The Labute approximate surface area is 119 Å². The number of methoxy groups -OCH3 is 1. The van der Waals surface area contributed by atoms with E-state index in [0.717, 1.165) is 30.0 Å². The van der Waals surface area contributed by atoms with Crippen LogP contribution >= 0.6 is 0 Å². The van der Waals surface area contributed by atoms with Crippen LogP contribution in [0.5, 0.6) is 0 Å². The molecule has 4 nitrogen and oxygen atoms in total. The van der Waals surface area contributed by atoms with Crippen LogP contribution in [0.25, 0.3) is 10.9 Å². The smallest absolute Gasteiger partial charge is 0.0885 e. The standard InChI is InChI=1S/C16H21N3O/c1-17-16-9-12(11-20-2)18-15-6-5-13(10-14(15)16)19-7-3-4-8-19/h5-6,9-10H,3-4,7-8,11H2,1-2H3,(H,17,18). The minimum Gasteiger partial charge on any atom is -0.388 e. The molecule has 3 rings (SSSR count). The van der Waals surface area contributed by atoms with Crippen molar-refractivity contribution in [1.29, 1.82) is 0 Å². The first kappa shape index (κ1) is 13.2. The van der Waals surface area contributed by atoms with Crippen LogP contribution in [0.15, 0.2) is 24.3 Å². The molecule has 1 aromatic carbocycles. The second-order valence-electron chi connectivity index (χ2n) is 5.24. The van der Waals surface area contributed by atoms with Crippen LogP contribution in [0.4, 0.5) is 11.4 Å². The fraction of sp³-hybridized carbons (Fsp3) is 0.438. The Balaban J connectivity index is 2.05. The molecule has 0 atom stereocenters. The number of nitrogens with zero attached hydrogens (tertiary/aromatic N) is 2. The second-order valence-corrected chi connectivity index (χ2v) is 5.24. The summed E-state index contributed by atoms with van der Waals surface area (Å²) in [5, 5.41) is 4.45. The van der Waals surface area contributed by atoms with E-state index in [1.807, 2.05) is 7.05 Å². The first-order valence-corrected chi connectivity index (χ1v) is 7.17. The third-order valence-corrected chi connectivity index (χ3v) is 3.88. The molecule has 0 unspecified atom stereocenters. The molecule has 0 spiro atoms. The van der Waals surface area contributed by atoms with E-state index >= 15 is 0 Å². The molecule has 2 heterocycles. The number of ether oxygens (including phenoxy) is 1. The number of hydrogen-bond donors (Lipinski definition) is 1. The summed E-state index contributed by atoms with van der Waals surface area (Å²) >= 11 is 0. The van der Waals surface area contributed by atoms with Crippen molar-refractivity contribution in [1.82, 2.24) is 4.98 Å². The minimum atomic E-state index is 0.540. The molecule has 0 bridgehead atoms. The summed E-state index contributed by atoms with van der Waals surface area (Å²) in [5.41, 5.74) is 4.39. The maximum absolute atomic E-state index is 5.18. The largest absolute Gasteiger partial charge is 0.388 e. The summed E-state index contributed by atoms with van der Waals surface area (Å²) in [6.07, 6.45) is 2.59. The number of hydrogen-bond acceptors (Lipinski definition) is 4. The summed E-state index contributed by atoms with van der Waals surface area (Å²) in [4.78, 5) is 7.10. The molecule has 106 valence electrons. The number of fused-ring (bicyclic) bond motifs is 1. The van der Waals surface area contributed by atoms with Crippen LogP contribution in [-0.4, -0.2) is 32.2 Å². The number of pyridine rings is 1. The summed E-state index contributed by atoms with van der Waals surface area (Å²) in [6, 6.07) is 8.61. The maximum Gasteiger partial charge on any atom is 0.0885 e. The Morgan fingerprint density at radius 1 is 1.25 bits per heavy atom. The van der Waals surface area contributed by atoms with E-state index < -0.39 is 0 Å². The first-order chi connectivity index (χ1) is 9.81. The quantitative estimate of drug-likeness (QED) is 0.927. The zero-order chi connectivity index (χ0) is 13.9. The van der Waals surface area contributed by atoms with Crippen molar-refractivity contribution < 1.29 is 4.74 Å². The van der Waals surface area contributed by atoms with Crippen LogP contribution in [0.3, 0.4) is 0 Å². The van der Waals surface area contributed by atoms with E-state index in [4.69, 9.17) is 4.74 Å². The third kappa shape index (κ3) is 2.43. The molecule has 0 amide bonds. The highest BCUT2D eigenvalue weighted by atomic mass is 16.5. The van der Waals surface area contributed by atoms with Crippen LogP contribution in [0, 0.1) is 0 Å². The van der Waals surface area contributed by atoms with E-state index in [2.05, 4.69) is 39.5 Å². The van der Waals surface area contributed by atoms with Crippen molar-refractivity contribution in [2.75, 3.05) is 37.5 Å². The predicted octanol–water partition coefficient (Wildman–Crippen LogP) is 3.02. The number of nitrogens with one attached hydrogen (secondary N) is 1. The summed E-state index contributed by atoms with van der Waals surface area (Å²) in [7, 11) is 3.65. The van der Waals surface area contributed by atoms with Gasteiger partial charge in [-0.2, -0.15) is 0 Å². The average Bonchev–Trinajstić information content (AvgIpc) is 3.00. The average molecular weight is 271 g/mol. The monoisotopic (exact) mass is 271 g/mol. The molecule has 1 fully saturated rings. The van der Waals surface area contributed by atoms with Crippen LogP contribution < -0.4 is 10.2 Å². The number of aromatic nitrogens is 1. The number of benzene rings is 1. The Bertz CT molecular complexity index is 606. The van der Waals surface area contributed by atoms with Gasteiger partial charge in [-0.05, 0) is 37.1 Å². The summed E-state index contributed by atoms with van der Waals surface area (Å²) in [5.74, 6) is 0. The van der Waals surface area contributed by atoms with E-state index in [-0.39, 0.29) is 0 Å². The Morgan fingerprint density at radius 2 is 2.05 bits per heavy atom. The van der Waals surface area contributed by atoms with Crippen molar-refractivity contribution in [3.8, 4) is 0 Å². The van der Waals surface area contributed by atoms with E-state index in [1.165, 1.54) is 23.9 Å². The van der Waals surface area contributed by atoms with Gasteiger partial charge in [0, 0.05) is 44.0 Å². The highest BCUT2D eigenvalue weighted by Crippen LogP contribution is 2.29. The molecule has 0 aliphatic carbocycles. The molecule has 1 aliphatic rings. The van der Waals surface area contributed by atoms with Gasteiger partial charge in [0.05, 0.1) is 17.8 Å². The van der Waals surface area contributed by atoms with Gasteiger partial charge in [0.2, 0.25) is 0 Å². The number of anilines is 2. The SMILES string of the molecule is CNc1cc(COC)nc2ccc(N3CCCC3)cc12. The highest BCUT2D eigenvalue weighted by molar-refractivity contribution is 5.93. The molecule has 4 heteroatoms. The van der Waals surface area contributed by atoms with Crippen molar-refractivity contribution in [3.63, 3.8) is 0 Å². The van der Waals surface area contributed by atoms with Gasteiger partial charge in [-0.15, -0.1) is 0 Å². The third-order valence-electron chi connectivity index (χ3n) is 3.88. The lowest BCUT2D eigenvalue weighted by atomic mass is 10.1. The molecule has 1 N–H and O–H groups in total. The fourth-order valence-corrected chi connectivity index (χ4v) is 2.87. The van der Waals surface area contributed by atoms with Crippen LogP contribution in [0.1, 0.15) is 18.5 Å². The Kier molecular flexibility index (Phi) is 3.74. The van der Waals surface area contributed by atoms with Gasteiger partial charge in [0.1, 0.15) is 0 Å². The van der Waals surface area contributed by atoms with Gasteiger partial charge in [0.25, 0.3) is 0 Å². The molecular weight excluding hydrogens is 250 g/mol. The molecule has 1 aromatic heterocycles. The van der Waals surface area contributed by atoms with Gasteiger partial charge < -0.3 is 15.0 Å². The van der Waals surface area contributed by atoms with Crippen molar-refractivity contribution in [3.05, 3.63) is 30.0 Å². The Morgan fingerprint density at radius 3 is 2.75 bits per heavy atom. The first-order valence-electron chi connectivity index (χ1n) is 7.17. The fourth-order valence-electron chi connectivity index (χ4n) is 2.87. The van der Waals surface area contributed by atoms with Gasteiger partial charge in [-0.3, -0.25) is 4.98 Å². The lowest BCUT2D eigenvalue weighted by Crippen LogP contribution is -2.17. The molecule has 1 saturated heterocycles.